The van der Waals surface area contributed by atoms with Gasteiger partial charge >= 0.3 is 0 Å². The molecule has 32 heavy (non-hydrogen) atoms. The maximum Gasteiger partial charge on any atom is 0.251 e. The number of amides is 1. The third-order valence-electron chi connectivity index (χ3n) is 5.85. The zero-order valence-electron chi connectivity index (χ0n) is 17.9. The van der Waals surface area contributed by atoms with E-state index in [2.05, 4.69) is 32.5 Å². The Morgan fingerprint density at radius 1 is 1.19 bits per heavy atom. The van der Waals surface area contributed by atoms with Crippen molar-refractivity contribution in [1.29, 1.82) is 0 Å². The molecule has 0 radical (unpaired) electrons. The van der Waals surface area contributed by atoms with Crippen molar-refractivity contribution in [1.82, 2.24) is 25.4 Å². The summed E-state index contributed by atoms with van der Waals surface area (Å²) in [5, 5.41) is 11.1. The van der Waals surface area contributed by atoms with Gasteiger partial charge in [-0.25, -0.2) is 4.98 Å². The number of hydrogen-bond acceptors (Lipinski definition) is 5. The van der Waals surface area contributed by atoms with Gasteiger partial charge < -0.3 is 10.1 Å². The summed E-state index contributed by atoms with van der Waals surface area (Å²) >= 11 is 0. The molecule has 3 heterocycles. The summed E-state index contributed by atoms with van der Waals surface area (Å²) < 4.78 is 6.09. The van der Waals surface area contributed by atoms with E-state index in [4.69, 9.17) is 9.72 Å². The number of benzene rings is 2. The summed E-state index contributed by atoms with van der Waals surface area (Å²) in [6.45, 7) is 2.88. The number of aromatic amines is 1. The predicted molar refractivity (Wildman–Crippen MR) is 123 cm³/mol. The van der Waals surface area contributed by atoms with Gasteiger partial charge in [0.1, 0.15) is 6.10 Å². The monoisotopic (exact) mass is 427 g/mol. The van der Waals surface area contributed by atoms with E-state index in [0.29, 0.717) is 18.7 Å². The first kappa shape index (κ1) is 20.4. The van der Waals surface area contributed by atoms with Crippen molar-refractivity contribution in [3.05, 3.63) is 83.7 Å². The van der Waals surface area contributed by atoms with Crippen LogP contribution in [0.2, 0.25) is 0 Å². The Morgan fingerprint density at radius 2 is 2.00 bits per heavy atom. The molecule has 4 aromatic rings. The average Bonchev–Trinajstić information content (AvgIpc) is 3.31. The van der Waals surface area contributed by atoms with Gasteiger partial charge in [-0.1, -0.05) is 48.5 Å². The maximum absolute atomic E-state index is 12.5. The Bertz CT molecular complexity index is 1240. The molecule has 1 aliphatic rings. The summed E-state index contributed by atoms with van der Waals surface area (Å²) in [6, 6.07) is 19.8. The first-order valence-electron chi connectivity index (χ1n) is 10.8. The van der Waals surface area contributed by atoms with Crippen LogP contribution in [0, 0.1) is 0 Å². The molecule has 1 saturated heterocycles. The highest BCUT2D eigenvalue weighted by Gasteiger charge is 2.26. The van der Waals surface area contributed by atoms with Gasteiger partial charge in [0, 0.05) is 49.4 Å². The topological polar surface area (TPSA) is 83.1 Å². The highest BCUT2D eigenvalue weighted by atomic mass is 16.5. The lowest BCUT2D eigenvalue weighted by Crippen LogP contribution is -2.38. The number of pyridine rings is 1. The summed E-state index contributed by atoms with van der Waals surface area (Å²) in [7, 11) is 1.64. The molecule has 2 aromatic carbocycles. The number of fused-ring (bicyclic) bond motifs is 1. The number of carbonyl (C=O) groups is 1. The van der Waals surface area contributed by atoms with Crippen LogP contribution in [0.1, 0.15) is 27.7 Å². The molecule has 1 aliphatic heterocycles. The number of morpholine rings is 1. The van der Waals surface area contributed by atoms with Crippen molar-refractivity contribution < 1.29 is 9.53 Å². The van der Waals surface area contributed by atoms with Crippen molar-refractivity contribution in [2.75, 3.05) is 26.7 Å². The number of ether oxygens (including phenoxy) is 1. The van der Waals surface area contributed by atoms with Crippen LogP contribution in [0.4, 0.5) is 0 Å². The fraction of sp³-hybridized carbons (Fsp3) is 0.240. The van der Waals surface area contributed by atoms with Gasteiger partial charge in [0.05, 0.1) is 29.1 Å². The molecule has 1 unspecified atom stereocenters. The first-order valence-corrected chi connectivity index (χ1v) is 10.8. The van der Waals surface area contributed by atoms with Crippen LogP contribution in [0.3, 0.4) is 0 Å². The Kier molecular flexibility index (Phi) is 5.66. The highest BCUT2D eigenvalue weighted by molar-refractivity contribution is 6.06. The van der Waals surface area contributed by atoms with E-state index in [1.54, 1.807) is 7.05 Å². The molecule has 7 heteroatoms. The Morgan fingerprint density at radius 3 is 2.84 bits per heavy atom. The van der Waals surface area contributed by atoms with Gasteiger partial charge in [0.2, 0.25) is 0 Å². The van der Waals surface area contributed by atoms with Crippen LogP contribution < -0.4 is 5.32 Å². The summed E-state index contributed by atoms with van der Waals surface area (Å²) in [5.74, 6) is -0.122. The van der Waals surface area contributed by atoms with Gasteiger partial charge in [-0.05, 0) is 12.1 Å². The van der Waals surface area contributed by atoms with Crippen molar-refractivity contribution in [2.24, 2.45) is 0 Å². The normalized spacial score (nSPS) is 16.8. The fourth-order valence-electron chi connectivity index (χ4n) is 4.23. The highest BCUT2D eigenvalue weighted by Crippen LogP contribution is 2.28. The smallest absolute Gasteiger partial charge is 0.251 e. The van der Waals surface area contributed by atoms with Crippen molar-refractivity contribution in [2.45, 2.75) is 12.6 Å². The van der Waals surface area contributed by atoms with E-state index < -0.39 is 0 Å². The standard InChI is InChI=1S/C25H25N5O2/c1-26-25(31)20-13-22(28-21-10-6-5-9-19(20)21)23-16-30(11-12-32-23)15-18-14-27-29-24(18)17-7-3-2-4-8-17/h2-10,13-14,23H,11-12,15-16H2,1H3,(H,26,31)(H,27,29). The summed E-state index contributed by atoms with van der Waals surface area (Å²) in [5.41, 5.74) is 5.41. The number of carbonyl (C=O) groups excluding carboxylic acids is 1. The zero-order valence-corrected chi connectivity index (χ0v) is 17.9. The van der Waals surface area contributed by atoms with Crippen molar-refractivity contribution in [3.8, 4) is 11.3 Å². The lowest BCUT2D eigenvalue weighted by Gasteiger charge is -2.32. The van der Waals surface area contributed by atoms with E-state index >= 15 is 0 Å². The van der Waals surface area contributed by atoms with E-state index in [-0.39, 0.29) is 12.0 Å². The van der Waals surface area contributed by atoms with E-state index in [1.807, 2.05) is 54.7 Å². The second-order valence-corrected chi connectivity index (χ2v) is 7.91. The first-order chi connectivity index (χ1) is 15.7. The second kappa shape index (κ2) is 8.90. The average molecular weight is 428 g/mol. The second-order valence-electron chi connectivity index (χ2n) is 7.91. The number of H-pyrrole nitrogens is 1. The number of para-hydroxylation sites is 1. The van der Waals surface area contributed by atoms with Crippen molar-refractivity contribution in [3.63, 3.8) is 0 Å². The summed E-state index contributed by atoms with van der Waals surface area (Å²) in [4.78, 5) is 19.7. The molecule has 0 bridgehead atoms. The fourth-order valence-corrected chi connectivity index (χ4v) is 4.23. The van der Waals surface area contributed by atoms with Gasteiger partial charge in [0.25, 0.3) is 5.91 Å². The summed E-state index contributed by atoms with van der Waals surface area (Å²) in [6.07, 6.45) is 1.76. The Balaban J connectivity index is 1.40. The van der Waals surface area contributed by atoms with E-state index in [0.717, 1.165) is 46.5 Å². The molecule has 0 aliphatic carbocycles. The largest absolute Gasteiger partial charge is 0.369 e. The molecule has 5 rings (SSSR count). The van der Waals surface area contributed by atoms with Gasteiger partial charge in [0.15, 0.2) is 0 Å². The predicted octanol–water partition coefficient (Wildman–Crippen LogP) is 3.56. The minimum absolute atomic E-state index is 0.122. The Labute approximate surface area is 186 Å². The molecule has 0 spiro atoms. The van der Waals surface area contributed by atoms with E-state index in [1.165, 1.54) is 0 Å². The molecule has 162 valence electrons. The van der Waals surface area contributed by atoms with Crippen LogP contribution in [0.15, 0.2) is 66.9 Å². The number of nitrogens with one attached hydrogen (secondary N) is 2. The SMILES string of the molecule is CNC(=O)c1cc(C2CN(Cc3c[nH]nc3-c3ccccc3)CCO2)nc2ccccc12. The molecule has 0 saturated carbocycles. The number of aromatic nitrogens is 3. The van der Waals surface area contributed by atoms with Crippen LogP contribution in [0.5, 0.6) is 0 Å². The number of hydrogen-bond donors (Lipinski definition) is 2. The van der Waals surface area contributed by atoms with Crippen LogP contribution in [0.25, 0.3) is 22.2 Å². The Hall–Kier alpha value is -3.55. The molecule has 1 atom stereocenters. The lowest BCUT2D eigenvalue weighted by molar-refractivity contribution is -0.0348. The molecular weight excluding hydrogens is 402 g/mol. The number of rotatable bonds is 5. The number of nitrogens with zero attached hydrogens (tertiary/aromatic N) is 3. The third kappa shape index (κ3) is 4.00. The van der Waals surface area contributed by atoms with Gasteiger partial charge in [-0.15, -0.1) is 0 Å². The lowest BCUT2D eigenvalue weighted by atomic mass is 10.0. The molecule has 1 fully saturated rings. The van der Waals surface area contributed by atoms with Crippen LogP contribution in [-0.4, -0.2) is 52.7 Å². The molecule has 2 aromatic heterocycles. The van der Waals surface area contributed by atoms with Gasteiger partial charge in [-0.2, -0.15) is 5.10 Å². The molecular formula is C25H25N5O2. The van der Waals surface area contributed by atoms with Gasteiger partial charge in [-0.3, -0.25) is 14.8 Å². The minimum Gasteiger partial charge on any atom is -0.369 e. The van der Waals surface area contributed by atoms with Crippen LogP contribution >= 0.6 is 0 Å². The molecule has 1 amide bonds. The zero-order chi connectivity index (χ0) is 21.9. The van der Waals surface area contributed by atoms with Crippen LogP contribution in [-0.2, 0) is 11.3 Å². The maximum atomic E-state index is 12.5. The minimum atomic E-state index is -0.205. The van der Waals surface area contributed by atoms with Crippen molar-refractivity contribution >= 4 is 16.8 Å². The van der Waals surface area contributed by atoms with E-state index in [9.17, 15) is 4.79 Å². The third-order valence-corrected chi connectivity index (χ3v) is 5.85. The quantitative estimate of drug-likeness (QED) is 0.509. The molecule has 7 nitrogen and oxygen atoms in total. The molecule has 2 N–H and O–H groups in total.